The van der Waals surface area contributed by atoms with Gasteiger partial charge in [-0.1, -0.05) is 29.8 Å². The molecule has 6 nitrogen and oxygen atoms in total. The Hall–Kier alpha value is -3.77. The van der Waals surface area contributed by atoms with Crippen LogP contribution in [-0.4, -0.2) is 20.4 Å². The lowest BCUT2D eigenvalue weighted by Gasteiger charge is -2.20. The summed E-state index contributed by atoms with van der Waals surface area (Å²) in [5.74, 6) is -0.540. The molecule has 1 aromatic carbocycles. The van der Waals surface area contributed by atoms with Crippen molar-refractivity contribution in [3.8, 4) is 11.4 Å². The van der Waals surface area contributed by atoms with Crippen molar-refractivity contribution >= 4 is 23.2 Å². The lowest BCUT2D eigenvalue weighted by atomic mass is 10.1. The van der Waals surface area contributed by atoms with Crippen LogP contribution in [-0.2, 0) is 6.54 Å². The van der Waals surface area contributed by atoms with Gasteiger partial charge in [0.25, 0.3) is 5.91 Å². The molecule has 7 heteroatoms. The Morgan fingerprint density at radius 3 is 2.48 bits per heavy atom. The highest BCUT2D eigenvalue weighted by Gasteiger charge is 2.23. The number of aromatic nitrogens is 3. The molecule has 31 heavy (non-hydrogen) atoms. The van der Waals surface area contributed by atoms with Gasteiger partial charge in [-0.3, -0.25) is 19.6 Å². The predicted octanol–water partition coefficient (Wildman–Crippen LogP) is 4.57. The maximum absolute atomic E-state index is 13.3. The first-order valence-electron chi connectivity index (χ1n) is 9.65. The van der Waals surface area contributed by atoms with Crippen molar-refractivity contribution in [2.24, 2.45) is 0 Å². The van der Waals surface area contributed by atoms with E-state index in [-0.39, 0.29) is 11.0 Å². The number of carbonyl (C=O) groups is 1. The zero-order valence-corrected chi connectivity index (χ0v) is 17.5. The molecule has 0 atom stereocenters. The number of nitrogens with one attached hydrogen (secondary N) is 1. The van der Waals surface area contributed by atoms with Gasteiger partial charge in [-0.25, -0.2) is 0 Å². The average Bonchev–Trinajstić information content (AvgIpc) is 2.78. The first-order valence-corrected chi connectivity index (χ1v) is 10.0. The van der Waals surface area contributed by atoms with Crippen LogP contribution in [0.3, 0.4) is 0 Å². The largest absolute Gasteiger partial charge is 0.338 e. The number of pyridine rings is 3. The summed E-state index contributed by atoms with van der Waals surface area (Å²) >= 11 is 6.20. The van der Waals surface area contributed by atoms with Crippen LogP contribution in [0.5, 0.6) is 0 Å². The smallest absolute Gasteiger partial charge is 0.261 e. The molecular weight excluding hydrogens is 412 g/mol. The highest BCUT2D eigenvalue weighted by molar-refractivity contribution is 6.34. The summed E-state index contributed by atoms with van der Waals surface area (Å²) in [6.45, 7) is 2.29. The third-order valence-corrected chi connectivity index (χ3v) is 5.20. The minimum absolute atomic E-state index is 0.0123. The van der Waals surface area contributed by atoms with Crippen molar-refractivity contribution in [2.45, 2.75) is 13.5 Å². The standard InChI is InChI=1S/C24H19ClN4O2/c1-16-14-21(30)22(24(31)28-19-7-3-2-6-18(19)25)23(20-8-4-5-11-27-20)29(16)15-17-9-12-26-13-10-17/h2-14H,15H2,1H3,(H,28,31). The molecule has 0 aliphatic rings. The summed E-state index contributed by atoms with van der Waals surface area (Å²) in [6.07, 6.45) is 5.05. The maximum Gasteiger partial charge on any atom is 0.261 e. The van der Waals surface area contributed by atoms with Crippen LogP contribution < -0.4 is 10.7 Å². The van der Waals surface area contributed by atoms with E-state index in [1.807, 2.05) is 29.7 Å². The number of anilines is 1. The number of hydrogen-bond donors (Lipinski definition) is 1. The van der Waals surface area contributed by atoms with E-state index in [0.717, 1.165) is 11.3 Å². The van der Waals surface area contributed by atoms with Crippen LogP contribution >= 0.6 is 11.6 Å². The van der Waals surface area contributed by atoms with Crippen molar-refractivity contribution in [1.82, 2.24) is 14.5 Å². The monoisotopic (exact) mass is 430 g/mol. The summed E-state index contributed by atoms with van der Waals surface area (Å²) < 4.78 is 1.92. The van der Waals surface area contributed by atoms with Crippen molar-refractivity contribution in [3.63, 3.8) is 0 Å². The van der Waals surface area contributed by atoms with Gasteiger partial charge in [0.1, 0.15) is 5.56 Å². The average molecular weight is 431 g/mol. The summed E-state index contributed by atoms with van der Waals surface area (Å²) in [6, 6.07) is 17.5. The number of amides is 1. The molecule has 4 rings (SSSR count). The SMILES string of the molecule is Cc1cc(=O)c(C(=O)Nc2ccccc2Cl)c(-c2ccccn2)n1Cc1ccncc1. The number of benzene rings is 1. The van der Waals surface area contributed by atoms with Gasteiger partial charge in [0.15, 0.2) is 5.43 Å². The molecule has 1 amide bonds. The first kappa shape index (κ1) is 20.5. The third-order valence-electron chi connectivity index (χ3n) is 4.87. The summed E-state index contributed by atoms with van der Waals surface area (Å²) in [5, 5.41) is 3.15. The van der Waals surface area contributed by atoms with Crippen molar-refractivity contribution < 1.29 is 4.79 Å². The van der Waals surface area contributed by atoms with Crippen molar-refractivity contribution in [3.05, 3.63) is 111 Å². The Morgan fingerprint density at radius 1 is 1.03 bits per heavy atom. The second kappa shape index (κ2) is 8.93. The predicted molar refractivity (Wildman–Crippen MR) is 121 cm³/mol. The van der Waals surface area contributed by atoms with Crippen LogP contribution in [0.1, 0.15) is 21.6 Å². The molecule has 3 aromatic heterocycles. The molecule has 1 N–H and O–H groups in total. The van der Waals surface area contributed by atoms with Crippen LogP contribution in [0.25, 0.3) is 11.4 Å². The molecule has 0 fully saturated rings. The molecule has 0 aliphatic carbocycles. The molecule has 0 unspecified atom stereocenters. The quantitative estimate of drug-likeness (QED) is 0.503. The van der Waals surface area contributed by atoms with E-state index >= 15 is 0 Å². The van der Waals surface area contributed by atoms with Gasteiger partial charge in [-0.2, -0.15) is 0 Å². The number of para-hydroxylation sites is 1. The van der Waals surface area contributed by atoms with Crippen LogP contribution in [0, 0.1) is 6.92 Å². The highest BCUT2D eigenvalue weighted by atomic mass is 35.5. The van der Waals surface area contributed by atoms with E-state index in [9.17, 15) is 9.59 Å². The van der Waals surface area contributed by atoms with Gasteiger partial charge in [0, 0.05) is 36.9 Å². The molecule has 0 saturated heterocycles. The minimum atomic E-state index is -0.540. The third kappa shape index (κ3) is 4.39. The van der Waals surface area contributed by atoms with E-state index in [2.05, 4.69) is 15.3 Å². The van der Waals surface area contributed by atoms with Crippen molar-refractivity contribution in [1.29, 1.82) is 0 Å². The molecule has 4 aromatic rings. The van der Waals surface area contributed by atoms with Gasteiger partial charge in [-0.05, 0) is 48.9 Å². The number of rotatable bonds is 5. The fourth-order valence-electron chi connectivity index (χ4n) is 3.38. The normalized spacial score (nSPS) is 10.6. The molecule has 0 spiro atoms. The second-order valence-corrected chi connectivity index (χ2v) is 7.37. The Balaban J connectivity index is 1.90. The molecule has 0 radical (unpaired) electrons. The molecule has 154 valence electrons. The van der Waals surface area contributed by atoms with Gasteiger partial charge in [0.2, 0.25) is 0 Å². The fraction of sp³-hybridized carbons (Fsp3) is 0.0833. The lowest BCUT2D eigenvalue weighted by molar-refractivity contribution is 0.102. The molecule has 0 saturated carbocycles. The summed E-state index contributed by atoms with van der Waals surface area (Å²) in [5.41, 5.74) is 2.75. The number of hydrogen-bond acceptors (Lipinski definition) is 4. The molecule has 3 heterocycles. The van der Waals surface area contributed by atoms with Crippen LogP contribution in [0.2, 0.25) is 5.02 Å². The van der Waals surface area contributed by atoms with E-state index in [1.54, 1.807) is 55.0 Å². The number of carbonyl (C=O) groups excluding carboxylic acids is 1. The fourth-order valence-corrected chi connectivity index (χ4v) is 3.56. The topological polar surface area (TPSA) is 76.9 Å². The van der Waals surface area contributed by atoms with E-state index < -0.39 is 5.91 Å². The number of nitrogens with zero attached hydrogens (tertiary/aromatic N) is 3. The Bertz CT molecular complexity index is 1290. The Labute approximate surface area is 184 Å². The Morgan fingerprint density at radius 2 is 1.77 bits per heavy atom. The molecule has 0 bridgehead atoms. The molecular formula is C24H19ClN4O2. The van der Waals surface area contributed by atoms with E-state index in [0.29, 0.717) is 28.6 Å². The second-order valence-electron chi connectivity index (χ2n) is 6.96. The van der Waals surface area contributed by atoms with Gasteiger partial charge in [0.05, 0.1) is 22.1 Å². The number of halogens is 1. The molecule has 0 aliphatic heterocycles. The van der Waals surface area contributed by atoms with Gasteiger partial charge >= 0.3 is 0 Å². The summed E-state index contributed by atoms with van der Waals surface area (Å²) in [7, 11) is 0. The highest BCUT2D eigenvalue weighted by Crippen LogP contribution is 2.25. The van der Waals surface area contributed by atoms with Gasteiger partial charge in [-0.15, -0.1) is 0 Å². The van der Waals surface area contributed by atoms with Gasteiger partial charge < -0.3 is 9.88 Å². The van der Waals surface area contributed by atoms with E-state index in [1.165, 1.54) is 6.07 Å². The Kier molecular flexibility index (Phi) is 5.91. The number of aryl methyl sites for hydroxylation is 1. The minimum Gasteiger partial charge on any atom is -0.338 e. The zero-order valence-electron chi connectivity index (χ0n) is 16.7. The first-order chi connectivity index (χ1) is 15.0. The summed E-state index contributed by atoms with van der Waals surface area (Å²) in [4.78, 5) is 34.8. The van der Waals surface area contributed by atoms with Crippen LogP contribution in [0.15, 0.2) is 84.0 Å². The van der Waals surface area contributed by atoms with E-state index in [4.69, 9.17) is 11.6 Å². The van der Waals surface area contributed by atoms with Crippen molar-refractivity contribution in [2.75, 3.05) is 5.32 Å². The lowest BCUT2D eigenvalue weighted by Crippen LogP contribution is -2.27. The zero-order chi connectivity index (χ0) is 21.8. The maximum atomic E-state index is 13.3. The van der Waals surface area contributed by atoms with Crippen LogP contribution in [0.4, 0.5) is 5.69 Å².